The van der Waals surface area contributed by atoms with E-state index >= 15 is 0 Å². The summed E-state index contributed by atoms with van der Waals surface area (Å²) >= 11 is 0. The number of aromatic hydroxyl groups is 2. The van der Waals surface area contributed by atoms with Crippen LogP contribution in [0.5, 0.6) is 11.5 Å². The van der Waals surface area contributed by atoms with Gasteiger partial charge in [0.2, 0.25) is 0 Å². The minimum absolute atomic E-state index is 0.0320. The summed E-state index contributed by atoms with van der Waals surface area (Å²) < 4.78 is 28.6. The highest BCUT2D eigenvalue weighted by molar-refractivity contribution is 7.88. The quantitative estimate of drug-likeness (QED) is 0.326. The molecule has 0 spiro atoms. The van der Waals surface area contributed by atoms with Gasteiger partial charge in [0.05, 0.1) is 0 Å². The third-order valence-corrected chi connectivity index (χ3v) is 6.05. The number of hydrogen-bond donors (Lipinski definition) is 4. The van der Waals surface area contributed by atoms with Crippen molar-refractivity contribution < 1.29 is 28.2 Å². The Balaban J connectivity index is 1.52. The lowest BCUT2D eigenvalue weighted by Gasteiger charge is -2.11. The Morgan fingerprint density at radius 3 is 1.31 bits per heavy atom. The van der Waals surface area contributed by atoms with Gasteiger partial charge in [0, 0.05) is 22.3 Å². The van der Waals surface area contributed by atoms with E-state index in [9.17, 15) is 28.2 Å². The molecule has 0 radical (unpaired) electrons. The molecule has 2 amide bonds. The van der Waals surface area contributed by atoms with E-state index in [1.54, 1.807) is 70.1 Å². The predicted octanol–water partition coefficient (Wildman–Crippen LogP) is 3.84. The summed E-state index contributed by atoms with van der Waals surface area (Å²) in [5, 5.41) is 20.3. The number of benzene rings is 4. The number of rotatable bonds is 6. The van der Waals surface area contributed by atoms with Gasteiger partial charge in [0.1, 0.15) is 11.5 Å². The molecule has 0 unspecified atom stereocenters. The molecule has 4 aromatic rings. The van der Waals surface area contributed by atoms with E-state index in [0.29, 0.717) is 22.3 Å². The van der Waals surface area contributed by atoms with Crippen LogP contribution in [0, 0.1) is 0 Å². The molecule has 8 nitrogen and oxygen atoms in total. The van der Waals surface area contributed by atoms with Gasteiger partial charge in [0.25, 0.3) is 11.8 Å². The normalized spacial score (nSPS) is 11.0. The van der Waals surface area contributed by atoms with Gasteiger partial charge in [0.15, 0.2) is 0 Å². The van der Waals surface area contributed by atoms with Crippen LogP contribution in [-0.4, -0.2) is 30.4 Å². The van der Waals surface area contributed by atoms with Gasteiger partial charge in [-0.1, -0.05) is 60.7 Å². The highest BCUT2D eigenvalue weighted by Crippen LogP contribution is 2.31. The fourth-order valence-corrected chi connectivity index (χ4v) is 4.21. The van der Waals surface area contributed by atoms with E-state index in [4.69, 9.17) is 0 Å². The van der Waals surface area contributed by atoms with Gasteiger partial charge >= 0.3 is 10.2 Å². The van der Waals surface area contributed by atoms with Crippen LogP contribution < -0.4 is 9.44 Å². The first kappa shape index (κ1) is 23.5. The van der Waals surface area contributed by atoms with Gasteiger partial charge < -0.3 is 10.2 Å². The van der Waals surface area contributed by atoms with E-state index in [0.717, 1.165) is 0 Å². The molecule has 0 aliphatic rings. The fraction of sp³-hybridized carbons (Fsp3) is 0. The van der Waals surface area contributed by atoms with Crippen molar-refractivity contribution in [3.05, 3.63) is 108 Å². The Morgan fingerprint density at radius 2 is 0.943 bits per heavy atom. The second kappa shape index (κ2) is 9.70. The third-order valence-electron chi connectivity index (χ3n) is 5.14. The molecule has 35 heavy (non-hydrogen) atoms. The number of carbonyl (C=O) groups is 2. The number of hydrogen-bond acceptors (Lipinski definition) is 6. The summed E-state index contributed by atoms with van der Waals surface area (Å²) in [5.41, 5.74) is 1.90. The van der Waals surface area contributed by atoms with Crippen molar-refractivity contribution in [1.29, 1.82) is 0 Å². The standard InChI is InChI=1S/C26H20N2O6S/c29-23-13-11-19(15-21(23)17-7-3-1-4-8-17)25(31)27-35(33,34)28-26(32)20-12-14-24(30)22(16-20)18-9-5-2-6-10-18/h1-16,29-30H,(H,27,31)(H,28,32). The molecule has 4 aromatic carbocycles. The fourth-order valence-electron chi connectivity index (χ4n) is 3.44. The van der Waals surface area contributed by atoms with Gasteiger partial charge in [-0.25, -0.2) is 9.44 Å². The number of nitrogens with one attached hydrogen (secondary N) is 2. The monoisotopic (exact) mass is 488 g/mol. The number of carbonyl (C=O) groups excluding carboxylic acids is 2. The van der Waals surface area contributed by atoms with E-state index in [2.05, 4.69) is 0 Å². The minimum Gasteiger partial charge on any atom is -0.507 e. The second-order valence-electron chi connectivity index (χ2n) is 7.56. The zero-order valence-corrected chi connectivity index (χ0v) is 19.0. The molecule has 0 atom stereocenters. The lowest BCUT2D eigenvalue weighted by atomic mass is 10.0. The summed E-state index contributed by atoms with van der Waals surface area (Å²) in [6, 6.07) is 25.3. The molecular formula is C26H20N2O6S. The topological polar surface area (TPSA) is 133 Å². The van der Waals surface area contributed by atoms with Crippen molar-refractivity contribution in [3.8, 4) is 33.8 Å². The van der Waals surface area contributed by atoms with Crippen LogP contribution >= 0.6 is 0 Å². The van der Waals surface area contributed by atoms with E-state index in [1.165, 1.54) is 36.4 Å². The number of phenolic OH excluding ortho intramolecular Hbond substituents is 2. The third kappa shape index (κ3) is 5.48. The second-order valence-corrected chi connectivity index (χ2v) is 8.98. The van der Waals surface area contributed by atoms with Gasteiger partial charge in [-0.15, -0.1) is 0 Å². The molecule has 0 aliphatic heterocycles. The van der Waals surface area contributed by atoms with Gasteiger partial charge in [-0.3, -0.25) is 9.59 Å². The minimum atomic E-state index is -4.58. The van der Waals surface area contributed by atoms with Crippen LogP contribution in [0.3, 0.4) is 0 Å². The molecule has 0 aromatic heterocycles. The summed E-state index contributed by atoms with van der Waals surface area (Å²) in [5.74, 6) is -2.13. The lowest BCUT2D eigenvalue weighted by molar-refractivity contribution is 0.0976. The maximum atomic E-state index is 12.6. The first-order valence-electron chi connectivity index (χ1n) is 10.4. The van der Waals surface area contributed by atoms with Crippen molar-refractivity contribution in [1.82, 2.24) is 9.44 Å². The maximum Gasteiger partial charge on any atom is 0.326 e. The maximum absolute atomic E-state index is 12.6. The Bertz CT molecular complexity index is 1390. The van der Waals surface area contributed by atoms with Crippen molar-refractivity contribution in [2.75, 3.05) is 0 Å². The lowest BCUT2D eigenvalue weighted by Crippen LogP contribution is -2.43. The Morgan fingerprint density at radius 1 is 0.571 bits per heavy atom. The molecule has 0 heterocycles. The highest BCUT2D eigenvalue weighted by Gasteiger charge is 2.21. The molecule has 176 valence electrons. The smallest absolute Gasteiger partial charge is 0.326 e. The summed E-state index contributed by atoms with van der Waals surface area (Å²) in [7, 11) is -4.58. The van der Waals surface area contributed by atoms with Crippen LogP contribution in [0.1, 0.15) is 20.7 Å². The molecular weight excluding hydrogens is 468 g/mol. The Hall–Kier alpha value is -4.63. The molecule has 0 bridgehead atoms. The zero-order valence-electron chi connectivity index (χ0n) is 18.2. The average molecular weight is 489 g/mol. The van der Waals surface area contributed by atoms with Crippen LogP contribution in [-0.2, 0) is 10.2 Å². The van der Waals surface area contributed by atoms with E-state index in [1.807, 2.05) is 0 Å². The molecule has 0 saturated carbocycles. The first-order chi connectivity index (χ1) is 16.7. The highest BCUT2D eigenvalue weighted by atomic mass is 32.2. The van der Waals surface area contributed by atoms with Crippen molar-refractivity contribution in [3.63, 3.8) is 0 Å². The number of phenols is 2. The summed E-state index contributed by atoms with van der Waals surface area (Å²) in [6.07, 6.45) is 0. The van der Waals surface area contributed by atoms with Crippen LogP contribution in [0.25, 0.3) is 22.3 Å². The first-order valence-corrected chi connectivity index (χ1v) is 11.9. The molecule has 0 aliphatic carbocycles. The zero-order chi connectivity index (χ0) is 25.0. The number of amides is 2. The van der Waals surface area contributed by atoms with Crippen LogP contribution in [0.4, 0.5) is 0 Å². The van der Waals surface area contributed by atoms with Crippen LogP contribution in [0.2, 0.25) is 0 Å². The average Bonchev–Trinajstić information content (AvgIpc) is 2.85. The van der Waals surface area contributed by atoms with Crippen molar-refractivity contribution >= 4 is 22.0 Å². The van der Waals surface area contributed by atoms with Crippen molar-refractivity contribution in [2.45, 2.75) is 0 Å². The van der Waals surface area contributed by atoms with Crippen LogP contribution in [0.15, 0.2) is 97.1 Å². The largest absolute Gasteiger partial charge is 0.507 e. The van der Waals surface area contributed by atoms with Gasteiger partial charge in [-0.05, 0) is 47.5 Å². The molecule has 0 fully saturated rings. The van der Waals surface area contributed by atoms with Crippen molar-refractivity contribution in [2.24, 2.45) is 0 Å². The molecule has 9 heteroatoms. The van der Waals surface area contributed by atoms with E-state index < -0.39 is 22.0 Å². The summed E-state index contributed by atoms with van der Waals surface area (Å²) in [4.78, 5) is 25.2. The molecule has 0 saturated heterocycles. The molecule has 4 rings (SSSR count). The summed E-state index contributed by atoms with van der Waals surface area (Å²) in [6.45, 7) is 0. The van der Waals surface area contributed by atoms with E-state index in [-0.39, 0.29) is 22.6 Å². The Kier molecular flexibility index (Phi) is 6.52. The molecule has 4 N–H and O–H groups in total. The van der Waals surface area contributed by atoms with Gasteiger partial charge in [-0.2, -0.15) is 8.42 Å². The Labute approximate surface area is 201 Å². The SMILES string of the molecule is O=C(NS(=O)(=O)NC(=O)c1ccc(O)c(-c2ccccc2)c1)c1ccc(O)c(-c2ccccc2)c1. The predicted molar refractivity (Wildman–Crippen MR) is 131 cm³/mol.